The van der Waals surface area contributed by atoms with Gasteiger partial charge in [0.25, 0.3) is 5.91 Å². The molecule has 10 nitrogen and oxygen atoms in total. The summed E-state index contributed by atoms with van der Waals surface area (Å²) in [6.45, 7) is 2.75. The highest BCUT2D eigenvalue weighted by Crippen LogP contribution is 2.33. The van der Waals surface area contributed by atoms with Gasteiger partial charge in [0.15, 0.2) is 0 Å². The molecule has 1 fully saturated rings. The number of nitrogens with zero attached hydrogens (tertiary/aromatic N) is 3. The van der Waals surface area contributed by atoms with Crippen molar-refractivity contribution in [2.75, 3.05) is 32.1 Å². The lowest BCUT2D eigenvalue weighted by atomic mass is 10.0. The summed E-state index contributed by atoms with van der Waals surface area (Å²) in [5.74, 6) is -3.69. The van der Waals surface area contributed by atoms with Crippen molar-refractivity contribution in [1.29, 1.82) is 0 Å². The van der Waals surface area contributed by atoms with Gasteiger partial charge in [-0.1, -0.05) is 0 Å². The highest BCUT2D eigenvalue weighted by molar-refractivity contribution is 6.04. The van der Waals surface area contributed by atoms with Crippen molar-refractivity contribution in [2.45, 2.75) is 19.4 Å². The van der Waals surface area contributed by atoms with Crippen LogP contribution >= 0.6 is 0 Å². The molecule has 2 aromatic heterocycles. The number of amides is 2. The Morgan fingerprint density at radius 1 is 1.10 bits per heavy atom. The van der Waals surface area contributed by atoms with Crippen LogP contribution in [0.25, 0.3) is 16.9 Å². The molecule has 0 spiro atoms. The summed E-state index contributed by atoms with van der Waals surface area (Å²) < 4.78 is 43.6. The van der Waals surface area contributed by atoms with Gasteiger partial charge in [-0.2, -0.15) is 0 Å². The number of hydrogen-bond donors (Lipinski definition) is 2. The van der Waals surface area contributed by atoms with Crippen LogP contribution in [0.3, 0.4) is 0 Å². The lowest BCUT2D eigenvalue weighted by molar-refractivity contribution is -0.0241. The van der Waals surface area contributed by atoms with Crippen LogP contribution < -0.4 is 5.32 Å². The van der Waals surface area contributed by atoms with Crippen LogP contribution in [0.1, 0.15) is 32.0 Å². The van der Waals surface area contributed by atoms with Crippen LogP contribution in [0.15, 0.2) is 54.7 Å². The number of fused-ring (bicyclic) bond motifs is 1. The van der Waals surface area contributed by atoms with Gasteiger partial charge >= 0.3 is 12.1 Å². The van der Waals surface area contributed by atoms with Crippen molar-refractivity contribution in [3.63, 3.8) is 0 Å². The van der Waals surface area contributed by atoms with Crippen molar-refractivity contribution in [1.82, 2.24) is 14.3 Å². The molecule has 1 aliphatic heterocycles. The standard InChI is InChI=1S/C29H26F2N4O6/c1-16-7-8-35-23(14-20-15-34(9-10-41-20)29(39)40-2)26(33-24(35)11-16)25-21(30)12-19(13-22(25)31)32-27(36)17-3-5-18(6-4-17)28(37)38/h3-8,11-13,20H,9-10,14-15H2,1-2H3,(H,32,36)(H,37,38). The first-order valence-electron chi connectivity index (χ1n) is 12.7. The predicted octanol–water partition coefficient (Wildman–Crippen LogP) is 4.55. The van der Waals surface area contributed by atoms with Crippen LogP contribution in [0.4, 0.5) is 19.3 Å². The maximum absolute atomic E-state index is 15.6. The van der Waals surface area contributed by atoms with E-state index in [1.54, 1.807) is 16.7 Å². The molecule has 212 valence electrons. The number of carboxylic acids is 1. The van der Waals surface area contributed by atoms with E-state index in [0.717, 1.165) is 17.7 Å². The largest absolute Gasteiger partial charge is 0.478 e. The van der Waals surface area contributed by atoms with Crippen molar-refractivity contribution < 1.29 is 37.7 Å². The molecule has 2 N–H and O–H groups in total. The number of carboxylic acid groups (broad SMARTS) is 1. The van der Waals surface area contributed by atoms with Gasteiger partial charge in [-0.3, -0.25) is 4.79 Å². The van der Waals surface area contributed by atoms with Crippen molar-refractivity contribution >= 4 is 29.3 Å². The minimum absolute atomic E-state index is 0.00178. The van der Waals surface area contributed by atoms with E-state index in [4.69, 9.17) is 14.6 Å². The minimum atomic E-state index is -1.14. The maximum atomic E-state index is 15.6. The zero-order valence-electron chi connectivity index (χ0n) is 22.2. The van der Waals surface area contributed by atoms with E-state index in [1.165, 1.54) is 36.3 Å². The summed E-state index contributed by atoms with van der Waals surface area (Å²) in [5.41, 5.74) is 1.58. The van der Waals surface area contributed by atoms with Gasteiger partial charge < -0.3 is 29.2 Å². The topological polar surface area (TPSA) is 122 Å². The highest BCUT2D eigenvalue weighted by Gasteiger charge is 2.29. The number of benzene rings is 2. The molecule has 0 radical (unpaired) electrons. The third-order valence-corrected chi connectivity index (χ3v) is 6.80. The Hall–Kier alpha value is -4.84. The Kier molecular flexibility index (Phi) is 7.66. The van der Waals surface area contributed by atoms with Crippen LogP contribution in [0.2, 0.25) is 0 Å². The second-order valence-electron chi connectivity index (χ2n) is 9.60. The number of aryl methyl sites for hydroxylation is 1. The fourth-order valence-electron chi connectivity index (χ4n) is 4.78. The quantitative estimate of drug-likeness (QED) is 0.352. The fraction of sp³-hybridized carbons (Fsp3) is 0.241. The molecule has 2 amide bonds. The summed E-state index contributed by atoms with van der Waals surface area (Å²) in [6.07, 6.45) is 1.01. The smallest absolute Gasteiger partial charge is 0.409 e. The number of anilines is 1. The van der Waals surface area contributed by atoms with Crippen molar-refractivity contribution in [3.8, 4) is 11.3 Å². The number of hydrogen-bond acceptors (Lipinski definition) is 6. The first kappa shape index (κ1) is 27.7. The van der Waals surface area contributed by atoms with Gasteiger partial charge in [-0.25, -0.2) is 23.4 Å². The first-order valence-corrected chi connectivity index (χ1v) is 12.7. The molecule has 4 aromatic rings. The number of morpholine rings is 1. The maximum Gasteiger partial charge on any atom is 0.409 e. The molecule has 0 saturated carbocycles. The fourth-order valence-corrected chi connectivity index (χ4v) is 4.78. The second-order valence-corrected chi connectivity index (χ2v) is 9.60. The third kappa shape index (κ3) is 5.73. The average molecular weight is 565 g/mol. The Morgan fingerprint density at radius 3 is 2.44 bits per heavy atom. The number of halogens is 2. The molecule has 41 heavy (non-hydrogen) atoms. The lowest BCUT2D eigenvalue weighted by Gasteiger charge is -2.32. The van der Waals surface area contributed by atoms with E-state index >= 15 is 8.78 Å². The van der Waals surface area contributed by atoms with Gasteiger partial charge in [0.2, 0.25) is 0 Å². The minimum Gasteiger partial charge on any atom is -0.478 e. The van der Waals surface area contributed by atoms with Crippen LogP contribution in [-0.2, 0) is 15.9 Å². The lowest BCUT2D eigenvalue weighted by Crippen LogP contribution is -2.46. The zero-order valence-corrected chi connectivity index (χ0v) is 22.2. The van der Waals surface area contributed by atoms with E-state index < -0.39 is 35.7 Å². The van der Waals surface area contributed by atoms with Crippen LogP contribution in [0.5, 0.6) is 0 Å². The summed E-state index contributed by atoms with van der Waals surface area (Å²) in [6, 6.07) is 10.8. The molecule has 12 heteroatoms. The number of nitrogens with one attached hydrogen (secondary N) is 1. The van der Waals surface area contributed by atoms with E-state index in [1.807, 2.05) is 13.0 Å². The zero-order chi connectivity index (χ0) is 29.3. The van der Waals surface area contributed by atoms with Gasteiger partial charge in [0.05, 0.1) is 48.9 Å². The molecular formula is C29H26F2N4O6. The number of carbonyl (C=O) groups excluding carboxylic acids is 2. The summed E-state index contributed by atoms with van der Waals surface area (Å²) in [7, 11) is 1.30. The number of imidazole rings is 1. The van der Waals surface area contributed by atoms with E-state index in [2.05, 4.69) is 10.3 Å². The number of methoxy groups -OCH3 is 1. The molecule has 3 heterocycles. The Balaban J connectivity index is 1.47. The Bertz CT molecular complexity index is 1630. The normalized spacial score (nSPS) is 15.1. The van der Waals surface area contributed by atoms with Gasteiger partial charge in [-0.05, 0) is 61.0 Å². The predicted molar refractivity (Wildman–Crippen MR) is 144 cm³/mol. The summed E-state index contributed by atoms with van der Waals surface area (Å²) in [4.78, 5) is 41.8. The van der Waals surface area contributed by atoms with Crippen molar-refractivity contribution in [3.05, 3.63) is 88.7 Å². The SMILES string of the molecule is COC(=O)N1CCOC(Cc2c(-c3c(F)cc(NC(=O)c4ccc(C(=O)O)cc4)cc3F)nc3cc(C)ccn23)C1. The molecule has 5 rings (SSSR count). The first-order chi connectivity index (χ1) is 19.6. The molecule has 1 saturated heterocycles. The molecule has 2 aromatic carbocycles. The number of rotatable bonds is 6. The molecule has 1 aliphatic rings. The molecule has 0 aliphatic carbocycles. The molecular weight excluding hydrogens is 538 g/mol. The monoisotopic (exact) mass is 564 g/mol. The van der Waals surface area contributed by atoms with E-state index in [9.17, 15) is 14.4 Å². The third-order valence-electron chi connectivity index (χ3n) is 6.80. The molecule has 1 atom stereocenters. The van der Waals surface area contributed by atoms with E-state index in [-0.39, 0.29) is 47.6 Å². The van der Waals surface area contributed by atoms with Crippen LogP contribution in [-0.4, -0.2) is 70.3 Å². The summed E-state index contributed by atoms with van der Waals surface area (Å²) in [5, 5.41) is 11.5. The number of carbonyl (C=O) groups is 3. The highest BCUT2D eigenvalue weighted by atomic mass is 19.1. The van der Waals surface area contributed by atoms with Gasteiger partial charge in [-0.15, -0.1) is 0 Å². The number of aromatic carboxylic acids is 1. The second kappa shape index (κ2) is 11.3. The van der Waals surface area contributed by atoms with Gasteiger partial charge in [0.1, 0.15) is 17.3 Å². The van der Waals surface area contributed by atoms with Crippen molar-refractivity contribution in [2.24, 2.45) is 0 Å². The van der Waals surface area contributed by atoms with Gasteiger partial charge in [0, 0.05) is 30.4 Å². The Labute approximate surface area is 233 Å². The number of ether oxygens (including phenoxy) is 2. The number of aromatic nitrogens is 2. The van der Waals surface area contributed by atoms with E-state index in [0.29, 0.717) is 17.9 Å². The molecule has 0 bridgehead atoms. The number of pyridine rings is 1. The summed E-state index contributed by atoms with van der Waals surface area (Å²) >= 11 is 0. The Morgan fingerprint density at radius 2 is 1.78 bits per heavy atom. The van der Waals surface area contributed by atoms with Crippen LogP contribution in [0, 0.1) is 18.6 Å². The molecule has 1 unspecified atom stereocenters. The average Bonchev–Trinajstić information content (AvgIpc) is 3.28.